The molecule has 0 amide bonds. The number of piperidine rings is 1. The van der Waals surface area contributed by atoms with E-state index < -0.39 is 10.0 Å². The molecule has 1 aliphatic rings. The van der Waals surface area contributed by atoms with Crippen LogP contribution in [0.25, 0.3) is 0 Å². The molecule has 2 rings (SSSR count). The average molecular weight is 347 g/mol. The Bertz CT molecular complexity index is 642. The summed E-state index contributed by atoms with van der Waals surface area (Å²) in [6, 6.07) is -0.0539. The number of halogens is 1. The van der Waals surface area contributed by atoms with Gasteiger partial charge in [0.25, 0.3) is 0 Å². The van der Waals surface area contributed by atoms with Crippen LogP contribution in [0.5, 0.6) is 0 Å². The Morgan fingerprint density at radius 3 is 1.86 bits per heavy atom. The van der Waals surface area contributed by atoms with Crippen LogP contribution in [-0.4, -0.2) is 31.9 Å². The van der Waals surface area contributed by atoms with Gasteiger partial charge in [0.05, 0.1) is 4.90 Å². The Labute approximate surface area is 140 Å². The molecule has 1 fully saturated rings. The maximum Gasteiger partial charge on any atom is 0.243 e. The van der Waals surface area contributed by atoms with Crippen LogP contribution in [0.15, 0.2) is 4.90 Å². The van der Waals surface area contributed by atoms with E-state index in [4.69, 9.17) is 5.73 Å². The summed E-state index contributed by atoms with van der Waals surface area (Å²) in [7, 11) is -3.46. The molecule has 0 aliphatic carbocycles. The van der Waals surface area contributed by atoms with Gasteiger partial charge in [-0.15, -0.1) is 12.4 Å². The Morgan fingerprint density at radius 1 is 0.955 bits per heavy atom. The van der Waals surface area contributed by atoms with E-state index in [1.165, 1.54) is 5.56 Å². The molecule has 0 saturated carbocycles. The molecular formula is C16H27ClN2O2S. The summed E-state index contributed by atoms with van der Waals surface area (Å²) in [6.07, 6.45) is 1.73. The third kappa shape index (κ3) is 3.18. The van der Waals surface area contributed by atoms with Crippen LogP contribution in [0.3, 0.4) is 0 Å². The first-order chi connectivity index (χ1) is 9.67. The Morgan fingerprint density at radius 2 is 1.41 bits per heavy atom. The van der Waals surface area contributed by atoms with Crippen molar-refractivity contribution in [2.45, 2.75) is 58.4 Å². The summed E-state index contributed by atoms with van der Waals surface area (Å²) >= 11 is 0. The van der Waals surface area contributed by atoms with Crippen molar-refractivity contribution in [2.24, 2.45) is 5.73 Å². The molecule has 1 aromatic rings. The minimum Gasteiger partial charge on any atom is -0.327 e. The molecular weight excluding hydrogens is 320 g/mol. The molecule has 126 valence electrons. The summed E-state index contributed by atoms with van der Waals surface area (Å²) < 4.78 is 27.7. The van der Waals surface area contributed by atoms with Gasteiger partial charge in [-0.1, -0.05) is 0 Å². The summed E-state index contributed by atoms with van der Waals surface area (Å²) in [4.78, 5) is 0.484. The number of nitrogens with zero attached hydrogens (tertiary/aromatic N) is 1. The SMILES string of the molecule is Cc1c(C)c(C)c(S(=O)(=O)N2CCC[C@@H](N)C2)c(C)c1C.Cl. The second-order valence-electron chi connectivity index (χ2n) is 6.22. The van der Waals surface area contributed by atoms with Gasteiger partial charge in [-0.2, -0.15) is 4.31 Å². The molecule has 0 aromatic heterocycles. The van der Waals surface area contributed by atoms with Crippen LogP contribution >= 0.6 is 12.4 Å². The molecule has 1 heterocycles. The number of rotatable bonds is 2. The predicted molar refractivity (Wildman–Crippen MR) is 93.3 cm³/mol. The molecule has 22 heavy (non-hydrogen) atoms. The predicted octanol–water partition coefficient (Wildman–Crippen LogP) is 2.76. The first kappa shape index (κ1) is 19.4. The van der Waals surface area contributed by atoms with Crippen molar-refractivity contribution in [3.63, 3.8) is 0 Å². The molecule has 1 saturated heterocycles. The molecule has 0 spiro atoms. The van der Waals surface area contributed by atoms with Gasteiger partial charge < -0.3 is 5.73 Å². The molecule has 1 atom stereocenters. The van der Waals surface area contributed by atoms with Gasteiger partial charge in [0, 0.05) is 19.1 Å². The number of hydrogen-bond donors (Lipinski definition) is 1. The lowest BCUT2D eigenvalue weighted by atomic mass is 9.95. The lowest BCUT2D eigenvalue weighted by molar-refractivity contribution is 0.316. The smallest absolute Gasteiger partial charge is 0.243 e. The first-order valence-electron chi connectivity index (χ1n) is 7.50. The molecule has 0 radical (unpaired) electrons. The van der Waals surface area contributed by atoms with Gasteiger partial charge in [0.2, 0.25) is 10.0 Å². The van der Waals surface area contributed by atoms with Gasteiger partial charge in [0.15, 0.2) is 0 Å². The topological polar surface area (TPSA) is 63.4 Å². The highest BCUT2D eigenvalue weighted by Gasteiger charge is 2.32. The minimum absolute atomic E-state index is 0. The number of hydrogen-bond acceptors (Lipinski definition) is 3. The first-order valence-corrected chi connectivity index (χ1v) is 8.94. The van der Waals surface area contributed by atoms with Crippen molar-refractivity contribution in [3.8, 4) is 0 Å². The Kier molecular flexibility index (Phi) is 6.07. The fourth-order valence-electron chi connectivity index (χ4n) is 3.17. The van der Waals surface area contributed by atoms with Crippen LogP contribution in [0, 0.1) is 34.6 Å². The van der Waals surface area contributed by atoms with E-state index in [0.717, 1.165) is 35.1 Å². The van der Waals surface area contributed by atoms with Gasteiger partial charge in [-0.05, 0) is 75.3 Å². The van der Waals surface area contributed by atoms with Crippen LogP contribution in [0.1, 0.15) is 40.7 Å². The third-order valence-corrected chi connectivity index (χ3v) is 7.09. The van der Waals surface area contributed by atoms with E-state index in [1.54, 1.807) is 4.31 Å². The van der Waals surface area contributed by atoms with Gasteiger partial charge >= 0.3 is 0 Å². The van der Waals surface area contributed by atoms with Crippen molar-refractivity contribution in [2.75, 3.05) is 13.1 Å². The van der Waals surface area contributed by atoms with Crippen molar-refractivity contribution >= 4 is 22.4 Å². The lowest BCUT2D eigenvalue weighted by Gasteiger charge is -2.31. The highest BCUT2D eigenvalue weighted by Crippen LogP contribution is 2.32. The third-order valence-electron chi connectivity index (χ3n) is 4.95. The summed E-state index contributed by atoms with van der Waals surface area (Å²) in [6.45, 7) is 10.9. The molecule has 0 bridgehead atoms. The van der Waals surface area contributed by atoms with E-state index in [-0.39, 0.29) is 18.4 Å². The van der Waals surface area contributed by atoms with Crippen LogP contribution in [0.2, 0.25) is 0 Å². The fourth-order valence-corrected chi connectivity index (χ4v) is 5.27. The van der Waals surface area contributed by atoms with Crippen LogP contribution in [0.4, 0.5) is 0 Å². The zero-order valence-corrected chi connectivity index (χ0v) is 15.7. The second kappa shape index (κ2) is 6.87. The van der Waals surface area contributed by atoms with Crippen molar-refractivity contribution in [1.29, 1.82) is 0 Å². The molecule has 4 nitrogen and oxygen atoms in total. The van der Waals surface area contributed by atoms with E-state index in [0.29, 0.717) is 18.0 Å². The number of nitrogens with two attached hydrogens (primary N) is 1. The molecule has 2 N–H and O–H groups in total. The van der Waals surface area contributed by atoms with E-state index in [2.05, 4.69) is 6.92 Å². The van der Waals surface area contributed by atoms with E-state index >= 15 is 0 Å². The van der Waals surface area contributed by atoms with Crippen LogP contribution < -0.4 is 5.73 Å². The fraction of sp³-hybridized carbons (Fsp3) is 0.625. The summed E-state index contributed by atoms with van der Waals surface area (Å²) in [5.74, 6) is 0. The largest absolute Gasteiger partial charge is 0.327 e. The normalized spacial score (nSPS) is 19.8. The highest BCUT2D eigenvalue weighted by atomic mass is 35.5. The quantitative estimate of drug-likeness (QED) is 0.895. The zero-order valence-electron chi connectivity index (χ0n) is 14.1. The molecule has 6 heteroatoms. The molecule has 0 unspecified atom stereocenters. The number of sulfonamides is 1. The highest BCUT2D eigenvalue weighted by molar-refractivity contribution is 7.89. The standard InChI is InChI=1S/C16H26N2O2S.ClH/c1-10-11(2)13(4)16(14(5)12(10)3)21(19,20)18-8-6-7-15(17)9-18;/h15H,6-9,17H2,1-5H3;1H/t15-;/m1./s1. The van der Waals surface area contributed by atoms with Crippen molar-refractivity contribution in [1.82, 2.24) is 4.31 Å². The van der Waals surface area contributed by atoms with E-state index in [9.17, 15) is 8.42 Å². The monoisotopic (exact) mass is 346 g/mol. The Hall–Kier alpha value is -0.620. The van der Waals surface area contributed by atoms with Crippen LogP contribution in [-0.2, 0) is 10.0 Å². The average Bonchev–Trinajstić information content (AvgIpc) is 2.43. The van der Waals surface area contributed by atoms with Crippen molar-refractivity contribution in [3.05, 3.63) is 27.8 Å². The summed E-state index contributed by atoms with van der Waals surface area (Å²) in [5.41, 5.74) is 11.0. The summed E-state index contributed by atoms with van der Waals surface area (Å²) in [5, 5.41) is 0. The van der Waals surface area contributed by atoms with Gasteiger partial charge in [-0.25, -0.2) is 8.42 Å². The molecule has 1 aliphatic heterocycles. The lowest BCUT2D eigenvalue weighted by Crippen LogP contribution is -2.46. The Balaban J connectivity index is 0.00000242. The van der Waals surface area contributed by atoms with Crippen molar-refractivity contribution < 1.29 is 8.42 Å². The molecule has 1 aromatic carbocycles. The zero-order chi connectivity index (χ0) is 15.9. The minimum atomic E-state index is -3.46. The van der Waals surface area contributed by atoms with Gasteiger partial charge in [0.1, 0.15) is 0 Å². The maximum absolute atomic E-state index is 13.1. The maximum atomic E-state index is 13.1. The van der Waals surface area contributed by atoms with Gasteiger partial charge in [-0.3, -0.25) is 0 Å². The second-order valence-corrected chi connectivity index (χ2v) is 8.09. The van der Waals surface area contributed by atoms with E-state index in [1.807, 2.05) is 27.7 Å². The number of benzene rings is 1.